The molecule has 0 saturated carbocycles. The number of amides is 1. The Hall–Kier alpha value is -2.99. The van der Waals surface area contributed by atoms with Gasteiger partial charge in [0, 0.05) is 19.8 Å². The van der Waals surface area contributed by atoms with Gasteiger partial charge in [0.2, 0.25) is 0 Å². The van der Waals surface area contributed by atoms with Gasteiger partial charge in [-0.2, -0.15) is 0 Å². The first kappa shape index (κ1) is 15.9. The molecule has 1 aromatic heterocycles. The van der Waals surface area contributed by atoms with Crippen molar-refractivity contribution in [3.8, 4) is 5.69 Å². The molecule has 1 amide bonds. The van der Waals surface area contributed by atoms with E-state index in [1.807, 2.05) is 60.7 Å². The van der Waals surface area contributed by atoms with Gasteiger partial charge in [0.25, 0.3) is 5.91 Å². The van der Waals surface area contributed by atoms with E-state index in [2.05, 4.69) is 10.3 Å². The normalized spacial score (nSPS) is 10.6. The molecule has 0 aliphatic rings. The second-order valence-corrected chi connectivity index (χ2v) is 5.26. The van der Waals surface area contributed by atoms with Crippen LogP contribution in [0.25, 0.3) is 5.69 Å². The Kier molecular flexibility index (Phi) is 4.67. The first-order chi connectivity index (χ1) is 11.7. The number of anilines is 1. The molecule has 122 valence electrons. The summed E-state index contributed by atoms with van der Waals surface area (Å²) in [5.41, 5.74) is 2.53. The number of benzene rings is 2. The molecule has 3 aromatic rings. The van der Waals surface area contributed by atoms with E-state index in [0.717, 1.165) is 11.4 Å². The van der Waals surface area contributed by atoms with E-state index in [1.165, 1.54) is 0 Å². The van der Waals surface area contributed by atoms with Crippen LogP contribution in [-0.2, 0) is 11.3 Å². The largest absolute Gasteiger partial charge is 0.378 e. The molecule has 0 aliphatic heterocycles. The second kappa shape index (κ2) is 7.06. The van der Waals surface area contributed by atoms with Crippen molar-refractivity contribution >= 4 is 11.6 Å². The molecule has 2 aromatic carbocycles. The van der Waals surface area contributed by atoms with Gasteiger partial charge in [0.15, 0.2) is 5.69 Å². The maximum atomic E-state index is 12.8. The molecule has 3 rings (SSSR count). The van der Waals surface area contributed by atoms with Crippen LogP contribution in [0.3, 0.4) is 0 Å². The van der Waals surface area contributed by atoms with Crippen molar-refractivity contribution in [2.24, 2.45) is 0 Å². The van der Waals surface area contributed by atoms with Crippen LogP contribution < -0.4 is 4.90 Å². The van der Waals surface area contributed by atoms with Crippen molar-refractivity contribution in [2.75, 3.05) is 19.1 Å². The minimum absolute atomic E-state index is 0.226. The highest BCUT2D eigenvalue weighted by Gasteiger charge is 2.24. The standard InChI is InChI=1S/C18H18N4O2/c1-21(14-9-5-3-6-10-14)18(23)17-16(13-24-2)22(20-19-17)15-11-7-4-8-12-15/h3-12H,13H2,1-2H3. The average Bonchev–Trinajstić information content (AvgIpc) is 3.06. The van der Waals surface area contributed by atoms with Crippen LogP contribution in [0.15, 0.2) is 60.7 Å². The molecule has 0 aliphatic carbocycles. The summed E-state index contributed by atoms with van der Waals surface area (Å²) < 4.78 is 6.89. The van der Waals surface area contributed by atoms with E-state index < -0.39 is 0 Å². The molecule has 6 nitrogen and oxygen atoms in total. The first-order valence-electron chi connectivity index (χ1n) is 7.54. The molecule has 0 unspecified atom stereocenters. The molecule has 0 bridgehead atoms. The van der Waals surface area contributed by atoms with Crippen molar-refractivity contribution < 1.29 is 9.53 Å². The number of carbonyl (C=O) groups excluding carboxylic acids is 1. The Morgan fingerprint density at radius 1 is 1.08 bits per heavy atom. The minimum Gasteiger partial charge on any atom is -0.378 e. The third kappa shape index (κ3) is 3.04. The lowest BCUT2D eigenvalue weighted by Gasteiger charge is -2.16. The predicted molar refractivity (Wildman–Crippen MR) is 91.2 cm³/mol. The van der Waals surface area contributed by atoms with E-state index in [9.17, 15) is 4.79 Å². The lowest BCUT2D eigenvalue weighted by atomic mass is 10.2. The third-order valence-corrected chi connectivity index (χ3v) is 3.70. The summed E-state index contributed by atoms with van der Waals surface area (Å²) in [4.78, 5) is 14.4. The van der Waals surface area contributed by atoms with Gasteiger partial charge in [-0.15, -0.1) is 5.10 Å². The predicted octanol–water partition coefficient (Wildman–Crippen LogP) is 2.69. The number of carbonyl (C=O) groups is 1. The van der Waals surface area contributed by atoms with E-state index in [4.69, 9.17) is 4.74 Å². The molecule has 6 heteroatoms. The van der Waals surface area contributed by atoms with E-state index in [-0.39, 0.29) is 18.2 Å². The summed E-state index contributed by atoms with van der Waals surface area (Å²) in [7, 11) is 3.30. The summed E-state index contributed by atoms with van der Waals surface area (Å²) in [6, 6.07) is 19.0. The van der Waals surface area contributed by atoms with Crippen LogP contribution in [0.1, 0.15) is 16.2 Å². The van der Waals surface area contributed by atoms with E-state index in [0.29, 0.717) is 5.69 Å². The van der Waals surface area contributed by atoms with Crippen LogP contribution in [0, 0.1) is 0 Å². The summed E-state index contributed by atoms with van der Waals surface area (Å²) >= 11 is 0. The Bertz CT molecular complexity index is 816. The van der Waals surface area contributed by atoms with Gasteiger partial charge in [0.05, 0.1) is 12.3 Å². The lowest BCUT2D eigenvalue weighted by Crippen LogP contribution is -2.27. The topological polar surface area (TPSA) is 60.2 Å². The Morgan fingerprint density at radius 3 is 2.33 bits per heavy atom. The zero-order valence-electron chi connectivity index (χ0n) is 13.6. The van der Waals surface area contributed by atoms with Crippen LogP contribution in [0.5, 0.6) is 0 Å². The number of ether oxygens (including phenoxy) is 1. The lowest BCUT2D eigenvalue weighted by molar-refractivity contribution is 0.0983. The van der Waals surface area contributed by atoms with Crippen molar-refractivity contribution in [1.82, 2.24) is 15.0 Å². The van der Waals surface area contributed by atoms with Crippen LogP contribution in [0.2, 0.25) is 0 Å². The minimum atomic E-state index is -0.226. The fourth-order valence-corrected chi connectivity index (χ4v) is 2.44. The molecule has 1 heterocycles. The van der Waals surface area contributed by atoms with Gasteiger partial charge in [-0.3, -0.25) is 4.79 Å². The quantitative estimate of drug-likeness (QED) is 0.724. The molecule has 0 atom stereocenters. The number of rotatable bonds is 5. The van der Waals surface area contributed by atoms with Crippen molar-refractivity contribution in [3.05, 3.63) is 72.1 Å². The van der Waals surface area contributed by atoms with Gasteiger partial charge >= 0.3 is 0 Å². The summed E-state index contributed by atoms with van der Waals surface area (Å²) in [5, 5.41) is 8.24. The molecule has 0 spiro atoms. The van der Waals surface area contributed by atoms with Gasteiger partial charge < -0.3 is 9.64 Å². The molecular weight excluding hydrogens is 304 g/mol. The number of hydrogen-bond donors (Lipinski definition) is 0. The van der Waals surface area contributed by atoms with E-state index in [1.54, 1.807) is 23.7 Å². The molecule has 0 N–H and O–H groups in total. The number of nitrogens with zero attached hydrogens (tertiary/aromatic N) is 4. The molecule has 0 fully saturated rings. The fraction of sp³-hybridized carbons (Fsp3) is 0.167. The monoisotopic (exact) mass is 322 g/mol. The zero-order chi connectivity index (χ0) is 16.9. The van der Waals surface area contributed by atoms with Crippen LogP contribution >= 0.6 is 0 Å². The number of para-hydroxylation sites is 2. The SMILES string of the molecule is COCc1c(C(=O)N(C)c2ccccc2)nnn1-c1ccccc1. The summed E-state index contributed by atoms with van der Waals surface area (Å²) in [6.45, 7) is 0.242. The zero-order valence-corrected chi connectivity index (χ0v) is 13.6. The molecular formula is C18H18N4O2. The van der Waals surface area contributed by atoms with Gasteiger partial charge in [-0.1, -0.05) is 41.6 Å². The van der Waals surface area contributed by atoms with E-state index >= 15 is 0 Å². The molecule has 0 saturated heterocycles. The van der Waals surface area contributed by atoms with Crippen LogP contribution in [0.4, 0.5) is 5.69 Å². The first-order valence-corrected chi connectivity index (χ1v) is 7.54. The maximum Gasteiger partial charge on any atom is 0.280 e. The fourth-order valence-electron chi connectivity index (χ4n) is 2.44. The Balaban J connectivity index is 1.99. The summed E-state index contributed by atoms with van der Waals surface area (Å²) in [5.74, 6) is -0.226. The summed E-state index contributed by atoms with van der Waals surface area (Å²) in [6.07, 6.45) is 0. The van der Waals surface area contributed by atoms with Gasteiger partial charge in [-0.05, 0) is 24.3 Å². The highest BCUT2D eigenvalue weighted by Crippen LogP contribution is 2.18. The molecule has 0 radical (unpaired) electrons. The smallest absolute Gasteiger partial charge is 0.280 e. The number of hydrogen-bond acceptors (Lipinski definition) is 4. The average molecular weight is 322 g/mol. The Morgan fingerprint density at radius 2 is 1.71 bits per heavy atom. The third-order valence-electron chi connectivity index (χ3n) is 3.70. The van der Waals surface area contributed by atoms with Crippen molar-refractivity contribution in [2.45, 2.75) is 6.61 Å². The maximum absolute atomic E-state index is 12.8. The molecule has 24 heavy (non-hydrogen) atoms. The highest BCUT2D eigenvalue weighted by atomic mass is 16.5. The van der Waals surface area contributed by atoms with Crippen LogP contribution in [-0.4, -0.2) is 35.1 Å². The van der Waals surface area contributed by atoms with Crippen molar-refractivity contribution in [1.29, 1.82) is 0 Å². The second-order valence-electron chi connectivity index (χ2n) is 5.26. The number of aromatic nitrogens is 3. The number of methoxy groups -OCH3 is 1. The Labute approximate surface area is 140 Å². The van der Waals surface area contributed by atoms with Crippen molar-refractivity contribution in [3.63, 3.8) is 0 Å². The highest BCUT2D eigenvalue weighted by molar-refractivity contribution is 6.05. The van der Waals surface area contributed by atoms with Gasteiger partial charge in [0.1, 0.15) is 5.69 Å². The van der Waals surface area contributed by atoms with Gasteiger partial charge in [-0.25, -0.2) is 4.68 Å².